The van der Waals surface area contributed by atoms with Crippen LogP contribution in [-0.2, 0) is 10.0 Å². The molecule has 0 radical (unpaired) electrons. The fraction of sp³-hybridized carbons (Fsp3) is 0.385. The maximum atomic E-state index is 13.1. The molecule has 0 saturated heterocycles. The van der Waals surface area contributed by atoms with Crippen molar-refractivity contribution in [2.75, 3.05) is 0 Å². The number of nitrogens with zero attached hydrogens (tertiary/aromatic N) is 2. The van der Waals surface area contributed by atoms with E-state index in [1.54, 1.807) is 0 Å². The molecule has 2 aromatic rings. The molecule has 1 heterocycles. The minimum atomic E-state index is -4.45. The molecule has 1 atom stereocenters. The third-order valence-corrected chi connectivity index (χ3v) is 5.03. The van der Waals surface area contributed by atoms with Crippen LogP contribution in [0.4, 0.5) is 13.2 Å². The average molecular weight is 362 g/mol. The van der Waals surface area contributed by atoms with Crippen molar-refractivity contribution in [3.63, 3.8) is 0 Å². The summed E-state index contributed by atoms with van der Waals surface area (Å²) in [7, 11) is -3.85. The van der Waals surface area contributed by atoms with E-state index >= 15 is 0 Å². The number of hydrogen-bond acceptors (Lipinski definition) is 6. The third kappa shape index (κ3) is 2.78. The van der Waals surface area contributed by atoms with Crippen molar-refractivity contribution < 1.29 is 26.1 Å². The summed E-state index contributed by atoms with van der Waals surface area (Å²) < 4.78 is 66.5. The molecule has 0 bridgehead atoms. The van der Waals surface area contributed by atoms with Crippen LogP contribution in [0.1, 0.15) is 24.8 Å². The summed E-state index contributed by atoms with van der Waals surface area (Å²) in [5.74, 6) is -0.297. The molecule has 1 aromatic carbocycles. The summed E-state index contributed by atoms with van der Waals surface area (Å²) in [5, 5.41) is 8.59. The highest BCUT2D eigenvalue weighted by Crippen LogP contribution is 2.63. The molecule has 0 amide bonds. The van der Waals surface area contributed by atoms with Crippen LogP contribution in [0.5, 0.6) is 0 Å². The molecule has 1 aromatic heterocycles. The summed E-state index contributed by atoms with van der Waals surface area (Å²) >= 11 is 0. The van der Waals surface area contributed by atoms with E-state index in [1.165, 1.54) is 24.3 Å². The lowest BCUT2D eigenvalue weighted by Crippen LogP contribution is -2.35. The van der Waals surface area contributed by atoms with Gasteiger partial charge in [0, 0.05) is 5.56 Å². The van der Waals surface area contributed by atoms with Crippen LogP contribution < -0.4 is 10.9 Å². The number of halogens is 3. The first-order chi connectivity index (χ1) is 11.0. The summed E-state index contributed by atoms with van der Waals surface area (Å²) in [6.07, 6.45) is -4.62. The number of sulfonamides is 1. The van der Waals surface area contributed by atoms with E-state index in [2.05, 4.69) is 10.1 Å². The maximum Gasteiger partial charge on any atom is 0.396 e. The molecule has 1 aliphatic carbocycles. The molecule has 1 unspecified atom stereocenters. The smallest absolute Gasteiger partial charge is 0.337 e. The van der Waals surface area contributed by atoms with Crippen LogP contribution in [0.2, 0.25) is 0 Å². The number of nitrogens with two attached hydrogens (primary N) is 2. The van der Waals surface area contributed by atoms with Gasteiger partial charge in [-0.05, 0) is 37.1 Å². The van der Waals surface area contributed by atoms with Crippen molar-refractivity contribution >= 4 is 10.0 Å². The van der Waals surface area contributed by atoms with Crippen LogP contribution in [0.3, 0.4) is 0 Å². The molecule has 1 aliphatic rings. The summed E-state index contributed by atoms with van der Waals surface area (Å²) in [4.78, 5) is 3.80. The fourth-order valence-electron chi connectivity index (χ4n) is 2.41. The van der Waals surface area contributed by atoms with Crippen molar-refractivity contribution in [3.05, 3.63) is 30.2 Å². The van der Waals surface area contributed by atoms with E-state index in [4.69, 9.17) is 15.4 Å². The molecule has 1 fully saturated rings. The quantitative estimate of drug-likeness (QED) is 0.853. The van der Waals surface area contributed by atoms with Crippen LogP contribution in [0.15, 0.2) is 33.7 Å². The van der Waals surface area contributed by atoms with Gasteiger partial charge in [0.1, 0.15) is 0 Å². The second-order valence-electron chi connectivity index (χ2n) is 5.66. The van der Waals surface area contributed by atoms with Crippen LogP contribution in [0, 0.1) is 5.41 Å². The SMILES string of the molecule is NC(c1nc(-c2ccc(S(N)(=O)=O)cc2)no1)C1(C(F)(F)F)CC1. The average Bonchev–Trinajstić information content (AvgIpc) is 3.17. The van der Waals surface area contributed by atoms with Gasteiger partial charge in [0.25, 0.3) is 0 Å². The molecular formula is C13H13F3N4O3S. The van der Waals surface area contributed by atoms with Gasteiger partial charge in [0.15, 0.2) is 0 Å². The van der Waals surface area contributed by atoms with Crippen molar-refractivity contribution in [2.24, 2.45) is 16.3 Å². The van der Waals surface area contributed by atoms with Crippen molar-refractivity contribution in [1.82, 2.24) is 10.1 Å². The van der Waals surface area contributed by atoms with Gasteiger partial charge in [-0.3, -0.25) is 0 Å². The fourth-order valence-corrected chi connectivity index (χ4v) is 2.93. The van der Waals surface area contributed by atoms with Gasteiger partial charge in [-0.1, -0.05) is 5.16 Å². The van der Waals surface area contributed by atoms with Gasteiger partial charge in [-0.25, -0.2) is 13.6 Å². The van der Waals surface area contributed by atoms with Gasteiger partial charge in [0.05, 0.1) is 16.4 Å². The Bertz CT molecular complexity index is 857. The first kappa shape index (κ1) is 16.9. The Kier molecular flexibility index (Phi) is 3.70. The predicted octanol–water partition coefficient (Wildman–Crippen LogP) is 1.73. The van der Waals surface area contributed by atoms with Gasteiger partial charge in [-0.2, -0.15) is 18.2 Å². The highest BCUT2D eigenvalue weighted by molar-refractivity contribution is 7.89. The van der Waals surface area contributed by atoms with Crippen molar-refractivity contribution in [2.45, 2.75) is 30.0 Å². The van der Waals surface area contributed by atoms with E-state index in [1.807, 2.05) is 0 Å². The zero-order valence-electron chi connectivity index (χ0n) is 12.1. The Hall–Kier alpha value is -1.98. The molecule has 130 valence electrons. The molecule has 3 rings (SSSR count). The normalized spacial score (nSPS) is 18.4. The van der Waals surface area contributed by atoms with E-state index < -0.39 is 27.7 Å². The number of aromatic nitrogens is 2. The van der Waals surface area contributed by atoms with E-state index in [0.29, 0.717) is 5.56 Å². The number of benzene rings is 1. The Labute approximate surface area is 134 Å². The molecule has 7 nitrogen and oxygen atoms in total. The van der Waals surface area contributed by atoms with Crippen LogP contribution >= 0.6 is 0 Å². The lowest BCUT2D eigenvalue weighted by Gasteiger charge is -2.22. The molecule has 1 saturated carbocycles. The highest BCUT2D eigenvalue weighted by Gasteiger charge is 2.68. The van der Waals surface area contributed by atoms with Gasteiger partial charge in [-0.15, -0.1) is 0 Å². The second kappa shape index (κ2) is 5.26. The van der Waals surface area contributed by atoms with Gasteiger partial charge < -0.3 is 10.3 Å². The lowest BCUT2D eigenvalue weighted by atomic mass is 9.96. The number of primary sulfonamides is 1. The number of hydrogen-bond donors (Lipinski definition) is 2. The number of rotatable bonds is 4. The molecular weight excluding hydrogens is 349 g/mol. The Balaban J connectivity index is 1.86. The minimum Gasteiger partial charge on any atom is -0.337 e. The Morgan fingerprint density at radius 1 is 1.21 bits per heavy atom. The number of alkyl halides is 3. The lowest BCUT2D eigenvalue weighted by molar-refractivity contribution is -0.195. The zero-order chi connectivity index (χ0) is 17.8. The third-order valence-electron chi connectivity index (χ3n) is 4.10. The van der Waals surface area contributed by atoms with Crippen molar-refractivity contribution in [3.8, 4) is 11.4 Å². The molecule has 0 aliphatic heterocycles. The summed E-state index contributed by atoms with van der Waals surface area (Å²) in [6, 6.07) is 3.77. The van der Waals surface area contributed by atoms with E-state index in [-0.39, 0.29) is 29.5 Å². The topological polar surface area (TPSA) is 125 Å². The zero-order valence-corrected chi connectivity index (χ0v) is 12.9. The largest absolute Gasteiger partial charge is 0.396 e. The minimum absolute atomic E-state index is 0.0133. The first-order valence-corrected chi connectivity index (χ1v) is 8.38. The Morgan fingerprint density at radius 3 is 2.25 bits per heavy atom. The van der Waals surface area contributed by atoms with Crippen molar-refractivity contribution in [1.29, 1.82) is 0 Å². The maximum absolute atomic E-state index is 13.1. The van der Waals surface area contributed by atoms with Gasteiger partial charge in [0.2, 0.25) is 21.7 Å². The second-order valence-corrected chi connectivity index (χ2v) is 7.22. The van der Waals surface area contributed by atoms with E-state index in [0.717, 1.165) is 0 Å². The van der Waals surface area contributed by atoms with E-state index in [9.17, 15) is 21.6 Å². The summed E-state index contributed by atoms with van der Waals surface area (Å²) in [5.41, 5.74) is 4.02. The standard InChI is InChI=1S/C13H13F3N4O3S/c14-13(15,16)12(5-6-12)9(17)11-19-10(20-23-11)7-1-3-8(4-2-7)24(18,21)22/h1-4,9H,5-6,17H2,(H2,18,21,22). The Morgan fingerprint density at radius 2 is 1.79 bits per heavy atom. The van der Waals surface area contributed by atoms with Crippen LogP contribution in [0.25, 0.3) is 11.4 Å². The highest BCUT2D eigenvalue weighted by atomic mass is 32.2. The monoisotopic (exact) mass is 362 g/mol. The first-order valence-electron chi connectivity index (χ1n) is 6.84. The van der Waals surface area contributed by atoms with Crippen LogP contribution in [-0.4, -0.2) is 24.7 Å². The predicted molar refractivity (Wildman–Crippen MR) is 75.8 cm³/mol. The molecule has 24 heavy (non-hydrogen) atoms. The summed E-state index contributed by atoms with van der Waals surface area (Å²) in [6.45, 7) is 0. The molecule has 4 N–H and O–H groups in total. The molecule has 0 spiro atoms. The van der Waals surface area contributed by atoms with Gasteiger partial charge >= 0.3 is 6.18 Å². The molecule has 11 heteroatoms.